The van der Waals surface area contributed by atoms with Crippen molar-refractivity contribution >= 4 is 23.0 Å². The highest BCUT2D eigenvalue weighted by Crippen LogP contribution is 2.19. The summed E-state index contributed by atoms with van der Waals surface area (Å²) in [5.74, 6) is 0.721. The third-order valence-corrected chi connectivity index (χ3v) is 3.18. The zero-order chi connectivity index (χ0) is 13.8. The molecule has 1 fully saturated rings. The third-order valence-electron chi connectivity index (χ3n) is 2.97. The molecule has 0 aliphatic carbocycles. The number of nitrogens with zero attached hydrogens (tertiary/aromatic N) is 1. The van der Waals surface area contributed by atoms with E-state index < -0.39 is 0 Å². The molecular weight excluding hydrogens is 262 g/mol. The maximum Gasteiger partial charge on any atom is 0.136 e. The second-order valence-corrected chi connectivity index (χ2v) is 5.06. The lowest BCUT2D eigenvalue weighted by Crippen LogP contribution is -2.34. The zero-order valence-corrected chi connectivity index (χ0v) is 12.0. The van der Waals surface area contributed by atoms with Crippen LogP contribution in [0, 0.1) is 13.8 Å². The highest BCUT2D eigenvalue weighted by molar-refractivity contribution is 7.80. The summed E-state index contributed by atoms with van der Waals surface area (Å²) < 4.78 is 10.9. The summed E-state index contributed by atoms with van der Waals surface area (Å²) in [6.07, 6.45) is 0.0376. The molecule has 2 rings (SSSR count). The zero-order valence-electron chi connectivity index (χ0n) is 11.2. The van der Waals surface area contributed by atoms with Crippen molar-refractivity contribution in [3.63, 3.8) is 0 Å². The van der Waals surface area contributed by atoms with Crippen LogP contribution in [-0.2, 0) is 9.47 Å². The molecule has 0 spiro atoms. The van der Waals surface area contributed by atoms with Gasteiger partial charge < -0.3 is 20.5 Å². The molecule has 1 saturated heterocycles. The van der Waals surface area contributed by atoms with Crippen molar-refractivity contribution in [2.45, 2.75) is 20.0 Å². The summed E-state index contributed by atoms with van der Waals surface area (Å²) >= 11 is 5.09. The van der Waals surface area contributed by atoms with Crippen LogP contribution in [0.15, 0.2) is 6.07 Å². The van der Waals surface area contributed by atoms with Crippen molar-refractivity contribution in [1.29, 1.82) is 0 Å². The Kier molecular flexibility index (Phi) is 4.68. The Hall–Kier alpha value is -1.24. The largest absolute Gasteiger partial charge is 0.389 e. The van der Waals surface area contributed by atoms with Gasteiger partial charge in [0.2, 0.25) is 0 Å². The van der Waals surface area contributed by atoms with Gasteiger partial charge in [0.25, 0.3) is 0 Å². The Morgan fingerprint density at radius 1 is 1.53 bits per heavy atom. The lowest BCUT2D eigenvalue weighted by Gasteiger charge is -2.24. The number of rotatable bonds is 4. The first kappa shape index (κ1) is 14.2. The molecule has 6 heteroatoms. The molecule has 1 atom stereocenters. The molecular formula is C13H19N3O2S. The number of pyridine rings is 1. The minimum Gasteiger partial charge on any atom is -0.389 e. The van der Waals surface area contributed by atoms with E-state index in [2.05, 4.69) is 10.3 Å². The number of aryl methyl sites for hydroxylation is 2. The van der Waals surface area contributed by atoms with E-state index in [0.29, 0.717) is 31.4 Å². The standard InChI is InChI=1S/C13H19N3O2S/c1-8-5-9(2)16-13(11(8)12(14)19)15-6-10-7-17-3-4-18-10/h5,10H,3-4,6-7H2,1-2H3,(H2,14,19)(H,15,16). The highest BCUT2D eigenvalue weighted by atomic mass is 32.1. The molecule has 0 saturated carbocycles. The first-order chi connectivity index (χ1) is 9.08. The monoisotopic (exact) mass is 281 g/mol. The second kappa shape index (κ2) is 6.27. The highest BCUT2D eigenvalue weighted by Gasteiger charge is 2.16. The first-order valence-electron chi connectivity index (χ1n) is 6.29. The predicted octanol–water partition coefficient (Wildman–Crippen LogP) is 1.16. The van der Waals surface area contributed by atoms with Crippen molar-refractivity contribution in [3.05, 3.63) is 22.9 Å². The normalized spacial score (nSPS) is 19.2. The van der Waals surface area contributed by atoms with Crippen LogP contribution in [-0.4, -0.2) is 42.4 Å². The van der Waals surface area contributed by atoms with Gasteiger partial charge in [-0.1, -0.05) is 12.2 Å². The fourth-order valence-electron chi connectivity index (χ4n) is 2.14. The average Bonchev–Trinajstić information content (AvgIpc) is 2.36. The quantitative estimate of drug-likeness (QED) is 0.807. The Morgan fingerprint density at radius 2 is 2.32 bits per heavy atom. The summed E-state index contributed by atoms with van der Waals surface area (Å²) in [6.45, 7) is 6.45. The second-order valence-electron chi connectivity index (χ2n) is 4.62. The van der Waals surface area contributed by atoms with Crippen LogP contribution in [0.1, 0.15) is 16.8 Å². The minimum absolute atomic E-state index is 0.0376. The van der Waals surface area contributed by atoms with Crippen LogP contribution in [0.4, 0.5) is 5.82 Å². The molecule has 3 N–H and O–H groups in total. The van der Waals surface area contributed by atoms with Gasteiger partial charge in [0.15, 0.2) is 0 Å². The molecule has 1 aliphatic heterocycles. The van der Waals surface area contributed by atoms with E-state index in [1.54, 1.807) is 0 Å². The SMILES string of the molecule is Cc1cc(C)c(C(N)=S)c(NCC2COCCO2)n1. The first-order valence-corrected chi connectivity index (χ1v) is 6.70. The fraction of sp³-hybridized carbons (Fsp3) is 0.538. The molecule has 0 radical (unpaired) electrons. The molecule has 1 aromatic rings. The van der Waals surface area contributed by atoms with E-state index in [4.69, 9.17) is 27.4 Å². The van der Waals surface area contributed by atoms with Gasteiger partial charge in [-0.25, -0.2) is 4.98 Å². The number of aromatic nitrogens is 1. The maximum absolute atomic E-state index is 5.77. The minimum atomic E-state index is 0.0376. The summed E-state index contributed by atoms with van der Waals surface area (Å²) in [7, 11) is 0. The number of thiocarbonyl (C=S) groups is 1. The topological polar surface area (TPSA) is 69.4 Å². The molecule has 5 nitrogen and oxygen atoms in total. The number of nitrogens with two attached hydrogens (primary N) is 1. The molecule has 0 amide bonds. The van der Waals surface area contributed by atoms with E-state index in [-0.39, 0.29) is 6.10 Å². The van der Waals surface area contributed by atoms with E-state index >= 15 is 0 Å². The molecule has 0 bridgehead atoms. The van der Waals surface area contributed by atoms with Crippen molar-refractivity contribution in [2.24, 2.45) is 5.73 Å². The molecule has 104 valence electrons. The van der Waals surface area contributed by atoms with Crippen LogP contribution < -0.4 is 11.1 Å². The Balaban J connectivity index is 2.12. The number of hydrogen-bond donors (Lipinski definition) is 2. The lowest BCUT2D eigenvalue weighted by molar-refractivity contribution is -0.0819. The smallest absolute Gasteiger partial charge is 0.136 e. The number of ether oxygens (including phenoxy) is 2. The van der Waals surface area contributed by atoms with Crippen molar-refractivity contribution in [2.75, 3.05) is 31.7 Å². The average molecular weight is 281 g/mol. The summed E-state index contributed by atoms with van der Waals surface area (Å²) in [6, 6.07) is 1.97. The molecule has 1 unspecified atom stereocenters. The summed E-state index contributed by atoms with van der Waals surface area (Å²) in [4.78, 5) is 4.82. The van der Waals surface area contributed by atoms with E-state index in [1.165, 1.54) is 0 Å². The van der Waals surface area contributed by atoms with Gasteiger partial charge >= 0.3 is 0 Å². The Bertz CT molecular complexity index is 473. The van der Waals surface area contributed by atoms with E-state index in [9.17, 15) is 0 Å². The van der Waals surface area contributed by atoms with Crippen molar-refractivity contribution in [3.8, 4) is 0 Å². The molecule has 1 aromatic heterocycles. The Morgan fingerprint density at radius 3 is 2.95 bits per heavy atom. The molecule has 19 heavy (non-hydrogen) atoms. The van der Waals surface area contributed by atoms with E-state index in [0.717, 1.165) is 22.6 Å². The van der Waals surface area contributed by atoms with Crippen LogP contribution in [0.3, 0.4) is 0 Å². The van der Waals surface area contributed by atoms with Gasteiger partial charge in [-0.3, -0.25) is 0 Å². The van der Waals surface area contributed by atoms with Crippen LogP contribution in [0.2, 0.25) is 0 Å². The molecule has 1 aliphatic rings. The summed E-state index contributed by atoms with van der Waals surface area (Å²) in [5, 5.41) is 3.26. The Labute approximate surface area is 118 Å². The molecule has 2 heterocycles. The fourth-order valence-corrected chi connectivity index (χ4v) is 2.40. The number of hydrogen-bond acceptors (Lipinski definition) is 5. The lowest BCUT2D eigenvalue weighted by atomic mass is 10.1. The van der Waals surface area contributed by atoms with Gasteiger partial charge in [0.05, 0.1) is 31.5 Å². The van der Waals surface area contributed by atoms with Gasteiger partial charge in [0.1, 0.15) is 10.8 Å². The van der Waals surface area contributed by atoms with Crippen molar-refractivity contribution in [1.82, 2.24) is 4.98 Å². The van der Waals surface area contributed by atoms with Gasteiger partial charge in [-0.2, -0.15) is 0 Å². The third kappa shape index (κ3) is 3.62. The number of nitrogens with one attached hydrogen (secondary N) is 1. The van der Waals surface area contributed by atoms with Gasteiger partial charge in [-0.05, 0) is 25.5 Å². The van der Waals surface area contributed by atoms with E-state index in [1.807, 2.05) is 19.9 Å². The summed E-state index contributed by atoms with van der Waals surface area (Å²) in [5.41, 5.74) is 8.53. The molecule has 0 aromatic carbocycles. The van der Waals surface area contributed by atoms with Crippen LogP contribution in [0.5, 0.6) is 0 Å². The maximum atomic E-state index is 5.77. The van der Waals surface area contributed by atoms with Crippen LogP contribution in [0.25, 0.3) is 0 Å². The van der Waals surface area contributed by atoms with Crippen LogP contribution >= 0.6 is 12.2 Å². The van der Waals surface area contributed by atoms with Crippen molar-refractivity contribution < 1.29 is 9.47 Å². The van der Waals surface area contributed by atoms with Gasteiger partial charge in [-0.15, -0.1) is 0 Å². The number of anilines is 1. The van der Waals surface area contributed by atoms with Gasteiger partial charge in [0, 0.05) is 12.2 Å². The predicted molar refractivity (Wildman–Crippen MR) is 78.6 cm³/mol.